The van der Waals surface area contributed by atoms with Crippen molar-refractivity contribution in [1.82, 2.24) is 34.3 Å². The summed E-state index contributed by atoms with van der Waals surface area (Å²) < 4.78 is 67.0. The molecule has 0 radical (unpaired) electrons. The zero-order valence-corrected chi connectivity index (χ0v) is 62.6. The third-order valence-electron chi connectivity index (χ3n) is 19.2. The molecule has 0 aromatic heterocycles. The summed E-state index contributed by atoms with van der Waals surface area (Å²) in [6.07, 6.45) is 11.6. The lowest BCUT2D eigenvalue weighted by Crippen LogP contribution is -2.61. The summed E-state index contributed by atoms with van der Waals surface area (Å²) in [5.41, 5.74) is 4.80. The van der Waals surface area contributed by atoms with Crippen molar-refractivity contribution in [3.8, 4) is 0 Å². The standard InChI is InChI=1S/C11H21NO2.C10H20N2O.C10H19NO2.C9H19NO2S.C9H17NO2.2C8H17NO2S/c1-10(2,3)12-7-5-6-11(4,8-12)9(13)14;1-10(2,3)12-6-4-8(5-7-12)9(11)13;1-9(2,3)11-6-5-10(4,7-11)8(12)13;1-8(2)10-6-4-9(5-7-10)13(3,11)12;1-9(2,3)10-5-4-7(6-10)8(11)12;1-8(2,3)9-5-7(6-9)12(4,10)11;1-7(2)9-5-4-8(6-9)12(3,10)11/h5-8H2,1-4H3,(H,13,14);8H,4-7H2,1-3H3,(H2,11,13);5-7H2,1-4H3,(H,12,13);8-9H,4-7H2,1-3H3;7H,4-6H2,1-3H3,(H,11,12);7H,5-6H2,1-4H3;7-8H,4-6H2,1-3H3. The number of sulfone groups is 3. The molecule has 24 heteroatoms. The van der Waals surface area contributed by atoms with E-state index < -0.39 is 58.2 Å². The molecule has 0 saturated carbocycles. The van der Waals surface area contributed by atoms with Crippen LogP contribution in [0, 0.1) is 22.7 Å². The first kappa shape index (κ1) is 84.5. The maximum Gasteiger partial charge on any atom is 0.310 e. The molecule has 7 heterocycles. The Labute approximate surface area is 542 Å². The maximum atomic E-state index is 11.2. The predicted molar refractivity (Wildman–Crippen MR) is 363 cm³/mol. The Morgan fingerprint density at radius 3 is 1.04 bits per heavy atom. The maximum absolute atomic E-state index is 11.2. The van der Waals surface area contributed by atoms with Gasteiger partial charge < -0.3 is 26.0 Å². The van der Waals surface area contributed by atoms with Crippen LogP contribution in [0.3, 0.4) is 0 Å². The highest BCUT2D eigenvalue weighted by Crippen LogP contribution is 2.35. The predicted octanol–water partition coefficient (Wildman–Crippen LogP) is 7.66. The van der Waals surface area contributed by atoms with Crippen molar-refractivity contribution < 1.29 is 59.8 Å². The van der Waals surface area contributed by atoms with E-state index in [1.54, 1.807) is 0 Å². The molecule has 89 heavy (non-hydrogen) atoms. The Morgan fingerprint density at radius 2 is 0.764 bits per heavy atom. The van der Waals surface area contributed by atoms with Crippen LogP contribution in [0.1, 0.15) is 203 Å². The molecule has 4 atom stereocenters. The van der Waals surface area contributed by atoms with E-state index in [1.165, 1.54) is 18.8 Å². The molecule has 7 rings (SSSR count). The van der Waals surface area contributed by atoms with Gasteiger partial charge in [-0.05, 0) is 256 Å². The zero-order valence-electron chi connectivity index (χ0n) is 60.2. The third kappa shape index (κ3) is 29.3. The number of hydrogen-bond acceptors (Lipinski definition) is 17. The van der Waals surface area contributed by atoms with E-state index in [0.717, 1.165) is 117 Å². The summed E-state index contributed by atoms with van der Waals surface area (Å²) >= 11 is 0. The smallest absolute Gasteiger partial charge is 0.310 e. The molecule has 5 N–H and O–H groups in total. The highest BCUT2D eigenvalue weighted by atomic mass is 32.2. The van der Waals surface area contributed by atoms with Gasteiger partial charge in [0.05, 0.1) is 32.5 Å². The number of piperidine rings is 3. The molecule has 0 aromatic carbocycles. The van der Waals surface area contributed by atoms with E-state index in [2.05, 4.69) is 166 Å². The molecule has 7 fully saturated rings. The van der Waals surface area contributed by atoms with Crippen LogP contribution in [0.5, 0.6) is 0 Å². The fourth-order valence-electron chi connectivity index (χ4n) is 11.8. The molecule has 0 aliphatic carbocycles. The molecule has 1 amide bonds. The van der Waals surface area contributed by atoms with Crippen molar-refractivity contribution in [3.05, 3.63) is 0 Å². The van der Waals surface area contributed by atoms with Crippen molar-refractivity contribution in [2.75, 3.05) is 110 Å². The lowest BCUT2D eigenvalue weighted by Gasteiger charge is -2.46. The van der Waals surface area contributed by atoms with E-state index in [1.807, 2.05) is 13.8 Å². The van der Waals surface area contributed by atoms with E-state index in [-0.39, 0.29) is 61.2 Å². The molecule has 0 bridgehead atoms. The minimum absolute atomic E-state index is 0.0805. The van der Waals surface area contributed by atoms with Gasteiger partial charge in [0.25, 0.3) is 0 Å². The number of carboxylic acids is 3. The Kier molecular flexibility index (Phi) is 32.0. The molecule has 4 unspecified atom stereocenters. The SMILES string of the molecule is CC(C)(C)N1CC(S(C)(=O)=O)C1.CC(C)(C)N1CCC(C(=O)O)C1.CC(C)(C)N1CCC(C(N)=O)CC1.CC(C)N1CCC(S(C)(=O)=O)C1.CC(C)N1CCC(S(C)(=O)=O)CC1.CC1(C(=O)O)CCCN(C(C)(C)C)C1.CC1(C(=O)O)CCN(C(C)(C)C)C1. The largest absolute Gasteiger partial charge is 0.481 e. The van der Waals surface area contributed by atoms with Gasteiger partial charge in [0.15, 0.2) is 19.7 Å². The second kappa shape index (κ2) is 33.7. The lowest BCUT2D eigenvalue weighted by atomic mass is 9.80. The van der Waals surface area contributed by atoms with Crippen molar-refractivity contribution in [3.63, 3.8) is 0 Å². The number of carbonyl (C=O) groups is 4. The highest BCUT2D eigenvalue weighted by Gasteiger charge is 2.44. The molecular formula is C65H130N8O13S3. The number of hydrogen-bond donors (Lipinski definition) is 4. The summed E-state index contributed by atoms with van der Waals surface area (Å²) in [5, 5.41) is 26.6. The number of nitrogens with two attached hydrogens (primary N) is 1. The first-order chi connectivity index (χ1) is 39.9. The number of amides is 1. The van der Waals surface area contributed by atoms with E-state index in [0.29, 0.717) is 44.8 Å². The van der Waals surface area contributed by atoms with Gasteiger partial charge in [0.2, 0.25) is 5.91 Å². The number of likely N-dealkylation sites (tertiary alicyclic amines) is 7. The van der Waals surface area contributed by atoms with Crippen LogP contribution in [0.4, 0.5) is 0 Å². The highest BCUT2D eigenvalue weighted by molar-refractivity contribution is 7.91. The molecule has 7 aliphatic heterocycles. The quantitative estimate of drug-likeness (QED) is 0.172. The Hall–Kier alpha value is -2.55. The molecule has 21 nitrogen and oxygen atoms in total. The van der Waals surface area contributed by atoms with Crippen LogP contribution >= 0.6 is 0 Å². The molecule has 526 valence electrons. The van der Waals surface area contributed by atoms with Gasteiger partial charge in [-0.1, -0.05) is 0 Å². The topological polar surface area (TPSA) is 280 Å². The number of carbonyl (C=O) groups excluding carboxylic acids is 1. The van der Waals surface area contributed by atoms with Gasteiger partial charge in [0.1, 0.15) is 9.84 Å². The second-order valence-corrected chi connectivity index (χ2v) is 39.5. The van der Waals surface area contributed by atoms with Gasteiger partial charge in [-0.2, -0.15) is 0 Å². The average Bonchev–Trinajstić information content (AvgIpc) is 2.39. The summed E-state index contributed by atoms with van der Waals surface area (Å²) in [4.78, 5) is 59.5. The van der Waals surface area contributed by atoms with Crippen molar-refractivity contribution >= 4 is 53.3 Å². The molecule has 0 spiro atoms. The zero-order chi connectivity index (χ0) is 69.7. The normalized spacial score (nSPS) is 25.9. The van der Waals surface area contributed by atoms with Crippen molar-refractivity contribution in [2.45, 2.75) is 259 Å². The molecule has 7 saturated heterocycles. The van der Waals surface area contributed by atoms with Crippen LogP contribution in [0.25, 0.3) is 0 Å². The third-order valence-corrected chi connectivity index (χ3v) is 23.9. The van der Waals surface area contributed by atoms with Crippen LogP contribution < -0.4 is 5.73 Å². The molecular weight excluding hydrogens is 1200 g/mol. The monoisotopic (exact) mass is 1330 g/mol. The van der Waals surface area contributed by atoms with Crippen LogP contribution in [-0.2, 0) is 48.7 Å². The second-order valence-electron chi connectivity index (χ2n) is 32.6. The van der Waals surface area contributed by atoms with Gasteiger partial charge in [-0.25, -0.2) is 25.3 Å². The Morgan fingerprint density at radius 1 is 0.416 bits per heavy atom. The summed E-state index contributed by atoms with van der Waals surface area (Å²) in [6, 6.07) is 1.01. The van der Waals surface area contributed by atoms with Gasteiger partial charge in [0, 0.05) is 104 Å². The fraction of sp³-hybridized carbons (Fsp3) is 0.938. The Balaban J connectivity index is 0.000000519. The van der Waals surface area contributed by atoms with E-state index >= 15 is 0 Å². The Bertz CT molecular complexity index is 2570. The van der Waals surface area contributed by atoms with E-state index in [9.17, 15) is 44.4 Å². The number of rotatable bonds is 9. The summed E-state index contributed by atoms with van der Waals surface area (Å²) in [6.45, 7) is 56.1. The fourth-order valence-corrected chi connectivity index (χ4v) is 14.7. The first-order valence-electron chi connectivity index (χ1n) is 32.7. The van der Waals surface area contributed by atoms with Crippen LogP contribution in [0.15, 0.2) is 0 Å². The summed E-state index contributed by atoms with van der Waals surface area (Å²) in [7, 11) is -8.41. The lowest BCUT2D eigenvalue weighted by molar-refractivity contribution is -0.152. The molecule has 0 aromatic rings. The minimum atomic E-state index is -2.81. The van der Waals surface area contributed by atoms with Crippen molar-refractivity contribution in [2.24, 2.45) is 28.4 Å². The number of nitrogens with zero attached hydrogens (tertiary/aromatic N) is 7. The summed E-state index contributed by atoms with van der Waals surface area (Å²) in [5.74, 6) is -2.15. The van der Waals surface area contributed by atoms with Gasteiger partial charge in [-0.15, -0.1) is 0 Å². The average molecular weight is 1330 g/mol. The van der Waals surface area contributed by atoms with Gasteiger partial charge in [-0.3, -0.25) is 48.6 Å². The number of carboxylic acid groups (broad SMARTS) is 3. The molecule has 7 aliphatic rings. The van der Waals surface area contributed by atoms with Crippen LogP contribution in [0.2, 0.25) is 0 Å². The number of aliphatic carboxylic acids is 3. The van der Waals surface area contributed by atoms with Crippen molar-refractivity contribution in [1.29, 1.82) is 0 Å². The van der Waals surface area contributed by atoms with E-state index in [4.69, 9.17) is 21.1 Å². The van der Waals surface area contributed by atoms with Gasteiger partial charge >= 0.3 is 17.9 Å². The van der Waals surface area contributed by atoms with Crippen LogP contribution in [-0.4, -0.2) is 265 Å². The first-order valence-corrected chi connectivity index (χ1v) is 38.5. The number of primary amides is 1. The minimum Gasteiger partial charge on any atom is -0.481 e.